The van der Waals surface area contributed by atoms with Gasteiger partial charge in [0.15, 0.2) is 11.5 Å². The van der Waals surface area contributed by atoms with Gasteiger partial charge in [-0.3, -0.25) is 9.59 Å². The molecule has 0 aliphatic carbocycles. The molecule has 0 fully saturated rings. The number of nitrogens with zero attached hydrogens (tertiary/aromatic N) is 3. The molecule has 0 saturated carbocycles. The normalized spacial score (nSPS) is 10.8. The van der Waals surface area contributed by atoms with Crippen LogP contribution in [0.1, 0.15) is 22.4 Å². The highest BCUT2D eigenvalue weighted by molar-refractivity contribution is 9.10. The van der Waals surface area contributed by atoms with Gasteiger partial charge in [-0.15, -0.1) is 0 Å². The monoisotopic (exact) mass is 540 g/mol. The highest BCUT2D eigenvalue weighted by Crippen LogP contribution is 2.34. The number of hydrogen-bond donors (Lipinski definition) is 2. The summed E-state index contributed by atoms with van der Waals surface area (Å²) in [6.45, 7) is 1.41. The number of hydrazone groups is 1. The van der Waals surface area contributed by atoms with Gasteiger partial charge in [0.05, 0.1) is 24.4 Å². The topological polar surface area (TPSA) is 126 Å². The van der Waals surface area contributed by atoms with E-state index in [9.17, 15) is 20.0 Å². The quantitative estimate of drug-likeness (QED) is 0.410. The molecule has 158 valence electrons. The fourth-order valence-electron chi connectivity index (χ4n) is 2.63. The Balaban J connectivity index is 2.22. The lowest BCUT2D eigenvalue weighted by Crippen LogP contribution is -2.33. The van der Waals surface area contributed by atoms with Crippen molar-refractivity contribution in [3.05, 3.63) is 53.8 Å². The Labute approximate surface area is 189 Å². The minimum atomic E-state index is -0.586. The van der Waals surface area contributed by atoms with Crippen LogP contribution in [0.15, 0.2) is 31.0 Å². The summed E-state index contributed by atoms with van der Waals surface area (Å²) in [5.74, 6) is -0.370. The number of hydrogen-bond acceptors (Lipinski definition) is 7. The molecule has 0 aliphatic heterocycles. The molecule has 0 spiro atoms. The van der Waals surface area contributed by atoms with E-state index >= 15 is 0 Å². The predicted octanol–water partition coefficient (Wildman–Crippen LogP) is 2.56. The van der Waals surface area contributed by atoms with Crippen LogP contribution in [0, 0.1) is 18.3 Å². The largest absolute Gasteiger partial charge is 0.503 e. The lowest BCUT2D eigenvalue weighted by Gasteiger charge is -2.15. The summed E-state index contributed by atoms with van der Waals surface area (Å²) in [4.78, 5) is 24.9. The van der Waals surface area contributed by atoms with Crippen LogP contribution in [0.5, 0.6) is 11.5 Å². The number of benzene rings is 1. The first kappa shape index (κ1) is 23.6. The van der Waals surface area contributed by atoms with Crippen molar-refractivity contribution >= 4 is 44.0 Å². The number of carbonyl (C=O) groups excluding carboxylic acids is 1. The SMILES string of the molecule is COCc1c(Br)c(C)n(CC(=O)NN=Cc2cc(Br)c(O)c(OC)c2)c(=O)c1C#N. The number of phenols is 1. The number of amides is 1. The number of aromatic hydroxyl groups is 1. The summed E-state index contributed by atoms with van der Waals surface area (Å²) >= 11 is 6.57. The van der Waals surface area contributed by atoms with Gasteiger partial charge in [0.2, 0.25) is 0 Å². The summed E-state index contributed by atoms with van der Waals surface area (Å²) < 4.78 is 12.2. The lowest BCUT2D eigenvalue weighted by molar-refractivity contribution is -0.121. The number of carbonyl (C=O) groups is 1. The van der Waals surface area contributed by atoms with Crippen molar-refractivity contribution in [1.29, 1.82) is 5.26 Å². The number of pyridine rings is 1. The standard InChI is InChI=1S/C19H18Br2N4O5/c1-10-17(21)13(9-29-2)12(6-22)19(28)25(10)8-16(26)24-23-7-11-4-14(20)18(27)15(5-11)30-3/h4-5,7,27H,8-9H2,1-3H3,(H,24,26). The first-order valence-electron chi connectivity index (χ1n) is 8.44. The molecule has 1 amide bonds. The average molecular weight is 542 g/mol. The van der Waals surface area contributed by atoms with E-state index in [-0.39, 0.29) is 30.2 Å². The van der Waals surface area contributed by atoms with Crippen LogP contribution < -0.4 is 15.7 Å². The highest BCUT2D eigenvalue weighted by Gasteiger charge is 2.19. The summed E-state index contributed by atoms with van der Waals surface area (Å²) in [5.41, 5.74) is 3.13. The molecule has 0 bridgehead atoms. The number of nitriles is 1. The Hall–Kier alpha value is -2.68. The molecule has 2 rings (SSSR count). The van der Waals surface area contributed by atoms with Gasteiger partial charge in [-0.05, 0) is 56.5 Å². The van der Waals surface area contributed by atoms with Crippen LogP contribution in [0.25, 0.3) is 0 Å². The maximum absolute atomic E-state index is 12.6. The molecule has 1 aromatic heterocycles. The molecule has 9 nitrogen and oxygen atoms in total. The molecule has 0 saturated heterocycles. The molecule has 30 heavy (non-hydrogen) atoms. The van der Waals surface area contributed by atoms with Gasteiger partial charge in [-0.2, -0.15) is 10.4 Å². The van der Waals surface area contributed by atoms with Crippen LogP contribution in [0.4, 0.5) is 0 Å². The number of phenolic OH excluding ortho intramolecular Hbond substituents is 1. The zero-order valence-corrected chi connectivity index (χ0v) is 19.5. The summed E-state index contributed by atoms with van der Waals surface area (Å²) in [6, 6.07) is 5.00. The van der Waals surface area contributed by atoms with Crippen molar-refractivity contribution in [3.8, 4) is 17.6 Å². The Morgan fingerprint density at radius 1 is 1.40 bits per heavy atom. The number of methoxy groups -OCH3 is 2. The second-order valence-corrected chi connectivity index (χ2v) is 7.68. The molecular formula is C19H18Br2N4O5. The Kier molecular flexibility index (Phi) is 8.16. The van der Waals surface area contributed by atoms with E-state index in [0.717, 1.165) is 0 Å². The van der Waals surface area contributed by atoms with Gasteiger partial charge in [-0.25, -0.2) is 5.43 Å². The van der Waals surface area contributed by atoms with Gasteiger partial charge < -0.3 is 19.1 Å². The number of halogens is 2. The third-order valence-electron chi connectivity index (χ3n) is 4.12. The molecule has 1 heterocycles. The second kappa shape index (κ2) is 10.4. The predicted molar refractivity (Wildman–Crippen MR) is 117 cm³/mol. The van der Waals surface area contributed by atoms with Crippen molar-refractivity contribution in [2.24, 2.45) is 5.10 Å². The second-order valence-electron chi connectivity index (χ2n) is 6.04. The third-order valence-corrected chi connectivity index (χ3v) is 5.78. The first-order chi connectivity index (χ1) is 14.2. The van der Waals surface area contributed by atoms with E-state index in [1.165, 1.54) is 31.1 Å². The molecule has 0 aliphatic rings. The Morgan fingerprint density at radius 3 is 2.70 bits per heavy atom. The van der Waals surface area contributed by atoms with Crippen molar-refractivity contribution in [2.45, 2.75) is 20.1 Å². The van der Waals surface area contributed by atoms with Gasteiger partial charge in [0.25, 0.3) is 11.5 Å². The number of nitrogens with one attached hydrogen (secondary N) is 1. The van der Waals surface area contributed by atoms with Crippen LogP contribution >= 0.6 is 31.9 Å². The van der Waals surface area contributed by atoms with E-state index in [1.807, 2.05) is 6.07 Å². The van der Waals surface area contributed by atoms with E-state index in [0.29, 0.717) is 25.8 Å². The van der Waals surface area contributed by atoms with Crippen LogP contribution in [-0.4, -0.2) is 36.0 Å². The smallest absolute Gasteiger partial charge is 0.269 e. The molecular weight excluding hydrogens is 524 g/mol. The van der Waals surface area contributed by atoms with E-state index in [1.54, 1.807) is 13.0 Å². The third kappa shape index (κ3) is 5.08. The fraction of sp³-hybridized carbons (Fsp3) is 0.263. The van der Waals surface area contributed by atoms with Crippen LogP contribution in [0.2, 0.25) is 0 Å². The summed E-state index contributed by atoms with van der Waals surface area (Å²) in [7, 11) is 2.87. The molecule has 0 atom stereocenters. The molecule has 2 N–H and O–H groups in total. The number of ether oxygens (including phenoxy) is 2. The number of aromatic nitrogens is 1. The van der Waals surface area contributed by atoms with Gasteiger partial charge in [0, 0.05) is 22.8 Å². The van der Waals surface area contributed by atoms with Crippen molar-refractivity contribution in [3.63, 3.8) is 0 Å². The Bertz CT molecular complexity index is 1110. The maximum Gasteiger partial charge on any atom is 0.269 e. The molecule has 0 radical (unpaired) electrons. The van der Waals surface area contributed by atoms with Crippen molar-refractivity contribution in [1.82, 2.24) is 9.99 Å². The van der Waals surface area contributed by atoms with E-state index in [2.05, 4.69) is 42.4 Å². The van der Waals surface area contributed by atoms with Gasteiger partial charge >= 0.3 is 0 Å². The highest BCUT2D eigenvalue weighted by atomic mass is 79.9. The summed E-state index contributed by atoms with van der Waals surface area (Å²) in [6.07, 6.45) is 1.36. The zero-order chi connectivity index (χ0) is 22.4. The van der Waals surface area contributed by atoms with Crippen LogP contribution in [-0.2, 0) is 22.7 Å². The van der Waals surface area contributed by atoms with Crippen molar-refractivity contribution in [2.75, 3.05) is 14.2 Å². The molecule has 11 heteroatoms. The number of rotatable bonds is 7. The minimum absolute atomic E-state index is 0.0515. The van der Waals surface area contributed by atoms with E-state index < -0.39 is 11.5 Å². The van der Waals surface area contributed by atoms with Crippen LogP contribution in [0.3, 0.4) is 0 Å². The molecule has 2 aromatic rings. The van der Waals surface area contributed by atoms with Gasteiger partial charge in [0.1, 0.15) is 18.2 Å². The lowest BCUT2D eigenvalue weighted by atomic mass is 10.1. The van der Waals surface area contributed by atoms with Gasteiger partial charge in [-0.1, -0.05) is 0 Å². The Morgan fingerprint density at radius 2 is 2.10 bits per heavy atom. The fourth-order valence-corrected chi connectivity index (χ4v) is 3.62. The molecule has 0 unspecified atom stereocenters. The van der Waals surface area contributed by atoms with E-state index in [4.69, 9.17) is 9.47 Å². The molecule has 1 aromatic carbocycles. The average Bonchev–Trinajstić information content (AvgIpc) is 2.72. The maximum atomic E-state index is 12.6. The minimum Gasteiger partial charge on any atom is -0.503 e. The summed E-state index contributed by atoms with van der Waals surface area (Å²) in [5, 5.41) is 23.0. The first-order valence-corrected chi connectivity index (χ1v) is 10.0. The van der Waals surface area contributed by atoms with Crippen molar-refractivity contribution < 1.29 is 19.4 Å². The zero-order valence-electron chi connectivity index (χ0n) is 16.3.